The molecule has 0 saturated heterocycles. The maximum absolute atomic E-state index is 10.5. The fraction of sp³-hybridized carbons (Fsp3) is 0.857. The van der Waals surface area contributed by atoms with Crippen LogP contribution in [0.4, 0.5) is 0 Å². The highest BCUT2D eigenvalue weighted by molar-refractivity contribution is 5.77. The Hall–Kier alpha value is -0.690. The van der Waals surface area contributed by atoms with Crippen molar-refractivity contribution < 1.29 is 30.3 Å². The number of hydrogen-bond acceptors (Lipinski definition) is 5. The fourth-order valence-corrected chi connectivity index (χ4v) is 1.45. The van der Waals surface area contributed by atoms with Crippen molar-refractivity contribution in [2.45, 2.75) is 36.8 Å². The van der Waals surface area contributed by atoms with Gasteiger partial charge in [-0.05, 0) is 0 Å². The maximum Gasteiger partial charge on any atom is 0.335 e. The Labute approximate surface area is 74.1 Å². The molecule has 13 heavy (non-hydrogen) atoms. The molecule has 0 aromatic rings. The summed E-state index contributed by atoms with van der Waals surface area (Å²) in [5.41, 5.74) is -2.14. The zero-order valence-corrected chi connectivity index (χ0v) is 6.79. The minimum atomic E-state index is -2.14. The lowest BCUT2D eigenvalue weighted by atomic mass is 9.80. The summed E-state index contributed by atoms with van der Waals surface area (Å²) in [5, 5.41) is 45.2. The van der Waals surface area contributed by atoms with Gasteiger partial charge in [-0.3, -0.25) is 0 Å². The van der Waals surface area contributed by atoms with Crippen LogP contribution >= 0.6 is 0 Å². The van der Waals surface area contributed by atoms with Gasteiger partial charge in [0.1, 0.15) is 6.10 Å². The molecule has 5 N–H and O–H groups in total. The minimum absolute atomic E-state index is 0.472. The van der Waals surface area contributed by atoms with Gasteiger partial charge in [0.05, 0.1) is 12.2 Å². The Morgan fingerprint density at radius 1 is 1.15 bits per heavy atom. The number of aliphatic hydroxyl groups is 4. The second kappa shape index (κ2) is 3.22. The highest BCUT2D eigenvalue weighted by Crippen LogP contribution is 2.29. The van der Waals surface area contributed by atoms with E-state index in [4.69, 9.17) is 20.4 Å². The summed E-state index contributed by atoms with van der Waals surface area (Å²) in [6.45, 7) is 0. The molecule has 1 aliphatic rings. The van der Waals surface area contributed by atoms with E-state index < -0.39 is 42.7 Å². The molecular formula is C7H12O6. The van der Waals surface area contributed by atoms with Gasteiger partial charge in [0.15, 0.2) is 5.60 Å². The van der Waals surface area contributed by atoms with Crippen LogP contribution in [-0.4, -0.2) is 55.4 Å². The van der Waals surface area contributed by atoms with E-state index in [-0.39, 0.29) is 0 Å². The predicted molar refractivity (Wildman–Crippen MR) is 39.8 cm³/mol. The van der Waals surface area contributed by atoms with Crippen molar-refractivity contribution in [2.24, 2.45) is 0 Å². The molecule has 1 saturated carbocycles. The van der Waals surface area contributed by atoms with E-state index in [9.17, 15) is 9.90 Å². The molecule has 0 heterocycles. The Morgan fingerprint density at radius 2 is 1.54 bits per heavy atom. The van der Waals surface area contributed by atoms with E-state index >= 15 is 0 Å². The molecule has 0 amide bonds. The Morgan fingerprint density at radius 3 is 1.85 bits per heavy atom. The molecule has 0 aromatic carbocycles. The molecule has 76 valence electrons. The van der Waals surface area contributed by atoms with Crippen molar-refractivity contribution in [2.75, 3.05) is 0 Å². The first-order valence-electron chi connectivity index (χ1n) is 3.87. The van der Waals surface area contributed by atoms with Gasteiger partial charge in [-0.2, -0.15) is 0 Å². The Balaban J connectivity index is 2.79. The number of carbonyl (C=O) groups is 1. The first kappa shape index (κ1) is 10.4. The molecule has 4 atom stereocenters. The third-order valence-corrected chi connectivity index (χ3v) is 2.28. The SMILES string of the molecule is O=C(O)[C@]1(O)CC(O)C(O)[C@@H](O)C1. The standard InChI is InChI=1S/C7H12O6/c8-3-1-7(13,6(11)12)2-4(9)5(3)10/h3-5,8-10,13H,1-2H2,(H,11,12)/t3-,4?,5?,7+/m0/s1. The zero-order chi connectivity index (χ0) is 10.2. The van der Waals surface area contributed by atoms with Gasteiger partial charge in [-0.25, -0.2) is 4.79 Å². The monoisotopic (exact) mass is 192 g/mol. The maximum atomic E-state index is 10.5. The zero-order valence-electron chi connectivity index (χ0n) is 6.79. The Bertz CT molecular complexity index is 203. The molecule has 0 spiro atoms. The number of aliphatic carboxylic acids is 1. The molecule has 6 heteroatoms. The number of carboxylic acid groups (broad SMARTS) is 1. The minimum Gasteiger partial charge on any atom is -0.479 e. The van der Waals surface area contributed by atoms with Gasteiger partial charge >= 0.3 is 5.97 Å². The van der Waals surface area contributed by atoms with Gasteiger partial charge in [-0.15, -0.1) is 0 Å². The van der Waals surface area contributed by atoms with Crippen molar-refractivity contribution in [1.82, 2.24) is 0 Å². The second-order valence-electron chi connectivity index (χ2n) is 3.37. The van der Waals surface area contributed by atoms with Crippen LogP contribution in [-0.2, 0) is 4.79 Å². The summed E-state index contributed by atoms with van der Waals surface area (Å²) in [5.74, 6) is -1.50. The quantitative estimate of drug-likeness (QED) is 0.318. The Kier molecular flexibility index (Phi) is 2.58. The highest BCUT2D eigenvalue weighted by Gasteiger charge is 2.48. The van der Waals surface area contributed by atoms with Crippen molar-refractivity contribution in [3.63, 3.8) is 0 Å². The van der Waals surface area contributed by atoms with Crippen LogP contribution in [0.1, 0.15) is 12.8 Å². The van der Waals surface area contributed by atoms with E-state index in [0.717, 1.165) is 0 Å². The van der Waals surface area contributed by atoms with Crippen molar-refractivity contribution in [3.8, 4) is 0 Å². The van der Waals surface area contributed by atoms with Crippen LogP contribution in [0, 0.1) is 0 Å². The molecule has 1 aliphatic carbocycles. The molecule has 1 fully saturated rings. The van der Waals surface area contributed by atoms with E-state index in [1.807, 2.05) is 0 Å². The van der Waals surface area contributed by atoms with Crippen molar-refractivity contribution in [3.05, 3.63) is 0 Å². The largest absolute Gasteiger partial charge is 0.479 e. The first-order valence-corrected chi connectivity index (χ1v) is 3.87. The summed E-state index contributed by atoms with van der Waals surface area (Å²) >= 11 is 0. The number of rotatable bonds is 1. The van der Waals surface area contributed by atoms with Crippen molar-refractivity contribution >= 4 is 5.97 Å². The molecular weight excluding hydrogens is 180 g/mol. The van der Waals surface area contributed by atoms with Gasteiger partial charge in [0.2, 0.25) is 0 Å². The van der Waals surface area contributed by atoms with Crippen LogP contribution in [0.5, 0.6) is 0 Å². The highest BCUT2D eigenvalue weighted by atomic mass is 16.4. The molecule has 0 aliphatic heterocycles. The van der Waals surface area contributed by atoms with Crippen LogP contribution in [0.25, 0.3) is 0 Å². The lowest BCUT2D eigenvalue weighted by Crippen LogP contribution is -2.56. The molecule has 0 aromatic heterocycles. The van der Waals surface area contributed by atoms with Gasteiger partial charge in [0.25, 0.3) is 0 Å². The van der Waals surface area contributed by atoms with E-state index in [1.54, 1.807) is 0 Å². The number of hydrogen-bond donors (Lipinski definition) is 5. The molecule has 0 radical (unpaired) electrons. The molecule has 1 rings (SSSR count). The predicted octanol–water partition coefficient (Wildman–Crippen LogP) is -2.32. The van der Waals surface area contributed by atoms with Crippen LogP contribution < -0.4 is 0 Å². The smallest absolute Gasteiger partial charge is 0.335 e. The van der Waals surface area contributed by atoms with E-state index in [1.165, 1.54) is 0 Å². The average Bonchev–Trinajstić information content (AvgIpc) is 2.00. The summed E-state index contributed by atoms with van der Waals surface area (Å²) in [4.78, 5) is 10.5. The average molecular weight is 192 g/mol. The molecule has 2 unspecified atom stereocenters. The summed E-state index contributed by atoms with van der Waals surface area (Å²) in [6, 6.07) is 0. The second-order valence-corrected chi connectivity index (χ2v) is 3.37. The van der Waals surface area contributed by atoms with Gasteiger partial charge < -0.3 is 25.5 Å². The summed E-state index contributed by atoms with van der Waals surface area (Å²) < 4.78 is 0. The lowest BCUT2D eigenvalue weighted by Gasteiger charge is -2.37. The van der Waals surface area contributed by atoms with Crippen molar-refractivity contribution in [1.29, 1.82) is 0 Å². The number of carboxylic acids is 1. The van der Waals surface area contributed by atoms with Crippen LogP contribution in [0.3, 0.4) is 0 Å². The summed E-state index contributed by atoms with van der Waals surface area (Å²) in [7, 11) is 0. The molecule has 6 nitrogen and oxygen atoms in total. The first-order chi connectivity index (χ1) is 5.87. The van der Waals surface area contributed by atoms with Gasteiger partial charge in [-0.1, -0.05) is 0 Å². The van der Waals surface area contributed by atoms with Crippen LogP contribution in [0.2, 0.25) is 0 Å². The normalized spacial score (nSPS) is 46.0. The van der Waals surface area contributed by atoms with E-state index in [0.29, 0.717) is 0 Å². The van der Waals surface area contributed by atoms with Gasteiger partial charge in [0, 0.05) is 12.8 Å². The fourth-order valence-electron chi connectivity index (χ4n) is 1.45. The molecule has 0 bridgehead atoms. The topological polar surface area (TPSA) is 118 Å². The number of aliphatic hydroxyl groups excluding tert-OH is 3. The third-order valence-electron chi connectivity index (χ3n) is 2.28. The third kappa shape index (κ3) is 1.80. The van der Waals surface area contributed by atoms with E-state index in [2.05, 4.69) is 0 Å². The lowest BCUT2D eigenvalue weighted by molar-refractivity contribution is -0.187. The summed E-state index contributed by atoms with van der Waals surface area (Å²) in [6.07, 6.45) is -5.16. The van der Waals surface area contributed by atoms with Crippen LogP contribution in [0.15, 0.2) is 0 Å².